The normalized spacial score (nSPS) is 19.5. The van der Waals surface area contributed by atoms with Crippen LogP contribution in [0.1, 0.15) is 68.2 Å². The van der Waals surface area contributed by atoms with Crippen molar-refractivity contribution in [3.8, 4) is 0 Å². The molecular formula is C24H33NO5. The minimum Gasteiger partial charge on any atom is -0.427 e. The molecule has 0 N–H and O–H groups in total. The maximum Gasteiger partial charge on any atom is 0.314 e. The number of methoxy groups -OCH3 is 1. The van der Waals surface area contributed by atoms with Crippen molar-refractivity contribution in [3.05, 3.63) is 40.1 Å². The predicted molar refractivity (Wildman–Crippen MR) is 114 cm³/mol. The SMILES string of the molecule is COCON1C(=O)C(c2c(C)cc(C)cc2C)=C(OC(=O)C2CCCCC2)C1(C)C. The van der Waals surface area contributed by atoms with Crippen molar-refractivity contribution in [1.29, 1.82) is 0 Å². The number of aryl methyl sites for hydroxylation is 3. The Hall–Kier alpha value is -2.18. The molecule has 1 aliphatic carbocycles. The van der Waals surface area contributed by atoms with Crippen LogP contribution in [-0.2, 0) is 23.9 Å². The summed E-state index contributed by atoms with van der Waals surface area (Å²) in [6.45, 7) is 9.56. The molecule has 1 aromatic carbocycles. The summed E-state index contributed by atoms with van der Waals surface area (Å²) in [5.74, 6) is -0.334. The largest absolute Gasteiger partial charge is 0.427 e. The lowest BCUT2D eigenvalue weighted by molar-refractivity contribution is -0.239. The first-order valence-corrected chi connectivity index (χ1v) is 10.7. The van der Waals surface area contributed by atoms with Gasteiger partial charge in [0.2, 0.25) is 0 Å². The molecule has 1 fully saturated rings. The van der Waals surface area contributed by atoms with Crippen molar-refractivity contribution in [3.63, 3.8) is 0 Å². The maximum absolute atomic E-state index is 13.5. The van der Waals surface area contributed by atoms with E-state index in [1.165, 1.54) is 12.2 Å². The molecule has 0 unspecified atom stereocenters. The van der Waals surface area contributed by atoms with E-state index >= 15 is 0 Å². The van der Waals surface area contributed by atoms with Gasteiger partial charge in [-0.05, 0) is 64.2 Å². The Kier molecular flexibility index (Phi) is 6.68. The molecule has 0 atom stereocenters. The van der Waals surface area contributed by atoms with Gasteiger partial charge in [-0.15, -0.1) is 0 Å². The summed E-state index contributed by atoms with van der Waals surface area (Å²) >= 11 is 0. The Morgan fingerprint density at radius 3 is 2.27 bits per heavy atom. The number of nitrogens with zero attached hydrogens (tertiary/aromatic N) is 1. The van der Waals surface area contributed by atoms with Crippen molar-refractivity contribution < 1.29 is 23.9 Å². The molecule has 1 aliphatic heterocycles. The summed E-state index contributed by atoms with van der Waals surface area (Å²) in [6, 6.07) is 4.07. The third-order valence-corrected chi connectivity index (χ3v) is 6.06. The van der Waals surface area contributed by atoms with Crippen LogP contribution in [0.25, 0.3) is 5.57 Å². The van der Waals surface area contributed by atoms with Crippen LogP contribution in [0.5, 0.6) is 0 Å². The number of hydroxylamine groups is 2. The number of carbonyl (C=O) groups excluding carboxylic acids is 2. The smallest absolute Gasteiger partial charge is 0.314 e. The summed E-state index contributed by atoms with van der Waals surface area (Å²) in [4.78, 5) is 32.1. The summed E-state index contributed by atoms with van der Waals surface area (Å²) < 4.78 is 11.0. The van der Waals surface area contributed by atoms with Crippen LogP contribution in [0.3, 0.4) is 0 Å². The van der Waals surface area contributed by atoms with Gasteiger partial charge in [-0.25, -0.2) is 9.90 Å². The Balaban J connectivity index is 2.09. The Morgan fingerprint density at radius 1 is 1.10 bits per heavy atom. The van der Waals surface area contributed by atoms with Crippen LogP contribution in [0.15, 0.2) is 17.9 Å². The standard InChI is InChI=1S/C24H33NO5/c1-15-12-16(2)19(17(3)13-15)20-21(30-23(27)18-10-8-7-9-11-18)24(4,5)25(22(20)26)29-14-28-6/h12-13,18H,7-11,14H2,1-6H3. The minimum absolute atomic E-state index is 0.0713. The molecule has 2 aliphatic rings. The fraction of sp³-hybridized carbons (Fsp3) is 0.583. The molecular weight excluding hydrogens is 382 g/mol. The van der Waals surface area contributed by atoms with Crippen LogP contribution < -0.4 is 0 Å². The monoisotopic (exact) mass is 415 g/mol. The first-order valence-electron chi connectivity index (χ1n) is 10.7. The van der Waals surface area contributed by atoms with Crippen LogP contribution in [0, 0.1) is 26.7 Å². The van der Waals surface area contributed by atoms with E-state index in [9.17, 15) is 9.59 Å². The highest BCUT2D eigenvalue weighted by atomic mass is 16.8. The van der Waals surface area contributed by atoms with Gasteiger partial charge < -0.3 is 9.47 Å². The van der Waals surface area contributed by atoms with Crippen molar-refractivity contribution in [2.75, 3.05) is 13.9 Å². The molecule has 0 bridgehead atoms. The van der Waals surface area contributed by atoms with Gasteiger partial charge in [-0.1, -0.05) is 37.0 Å². The number of rotatable bonds is 6. The Labute approximate surface area is 179 Å². The zero-order chi connectivity index (χ0) is 22.1. The van der Waals surface area contributed by atoms with E-state index in [-0.39, 0.29) is 24.6 Å². The van der Waals surface area contributed by atoms with E-state index in [0.29, 0.717) is 11.3 Å². The second kappa shape index (κ2) is 8.90. The number of hydrogen-bond donors (Lipinski definition) is 0. The molecule has 6 heteroatoms. The van der Waals surface area contributed by atoms with E-state index < -0.39 is 5.54 Å². The summed E-state index contributed by atoms with van der Waals surface area (Å²) in [6.07, 6.45) is 4.90. The molecule has 30 heavy (non-hydrogen) atoms. The van der Waals surface area contributed by atoms with E-state index in [0.717, 1.165) is 54.4 Å². The lowest BCUT2D eigenvalue weighted by Crippen LogP contribution is -2.44. The number of amides is 1. The van der Waals surface area contributed by atoms with Crippen LogP contribution in [0.4, 0.5) is 0 Å². The zero-order valence-electron chi connectivity index (χ0n) is 19.0. The van der Waals surface area contributed by atoms with Gasteiger partial charge in [0.05, 0.1) is 11.5 Å². The molecule has 0 aromatic heterocycles. The molecule has 1 amide bonds. The summed E-state index contributed by atoms with van der Waals surface area (Å²) in [5, 5.41) is 1.27. The van der Waals surface area contributed by atoms with Crippen molar-refractivity contribution in [2.24, 2.45) is 5.92 Å². The first-order chi connectivity index (χ1) is 14.2. The van der Waals surface area contributed by atoms with E-state index in [4.69, 9.17) is 14.3 Å². The van der Waals surface area contributed by atoms with E-state index in [1.807, 2.05) is 46.8 Å². The first kappa shape index (κ1) is 22.5. The zero-order valence-corrected chi connectivity index (χ0v) is 19.0. The Bertz CT molecular complexity index is 841. The fourth-order valence-corrected chi connectivity index (χ4v) is 4.67. The average molecular weight is 416 g/mol. The lowest BCUT2D eigenvalue weighted by Gasteiger charge is -2.32. The van der Waals surface area contributed by atoms with Crippen LogP contribution in [-0.4, -0.2) is 36.4 Å². The highest BCUT2D eigenvalue weighted by Crippen LogP contribution is 2.43. The third kappa shape index (κ3) is 4.16. The highest BCUT2D eigenvalue weighted by molar-refractivity contribution is 6.23. The van der Waals surface area contributed by atoms with Crippen molar-refractivity contribution in [2.45, 2.75) is 72.3 Å². The topological polar surface area (TPSA) is 65.1 Å². The predicted octanol–water partition coefficient (Wildman–Crippen LogP) is 4.60. The van der Waals surface area contributed by atoms with Gasteiger partial charge in [-0.2, -0.15) is 0 Å². The number of esters is 1. The van der Waals surface area contributed by atoms with Gasteiger partial charge in [0, 0.05) is 7.11 Å². The van der Waals surface area contributed by atoms with E-state index in [1.54, 1.807) is 0 Å². The van der Waals surface area contributed by atoms with Crippen molar-refractivity contribution in [1.82, 2.24) is 5.06 Å². The molecule has 1 heterocycles. The lowest BCUT2D eigenvalue weighted by atomic mass is 9.89. The molecule has 0 radical (unpaired) electrons. The van der Waals surface area contributed by atoms with E-state index in [2.05, 4.69) is 0 Å². The van der Waals surface area contributed by atoms with Gasteiger partial charge in [0.1, 0.15) is 11.3 Å². The number of carbonyl (C=O) groups is 2. The molecule has 1 saturated carbocycles. The van der Waals surface area contributed by atoms with Gasteiger partial charge in [0.25, 0.3) is 5.91 Å². The van der Waals surface area contributed by atoms with Gasteiger partial charge in [0.15, 0.2) is 6.79 Å². The maximum atomic E-state index is 13.5. The second-order valence-electron chi connectivity index (χ2n) is 8.93. The third-order valence-electron chi connectivity index (χ3n) is 6.06. The second-order valence-corrected chi connectivity index (χ2v) is 8.93. The quantitative estimate of drug-likeness (QED) is 0.502. The molecule has 3 rings (SSSR count). The molecule has 164 valence electrons. The molecule has 0 spiro atoms. The summed E-state index contributed by atoms with van der Waals surface area (Å²) in [5.41, 5.74) is 3.30. The molecule has 0 saturated heterocycles. The minimum atomic E-state index is -0.945. The number of ether oxygens (including phenoxy) is 2. The number of hydrogen-bond acceptors (Lipinski definition) is 5. The highest BCUT2D eigenvalue weighted by Gasteiger charge is 2.50. The molecule has 6 nitrogen and oxygen atoms in total. The molecule has 1 aromatic rings. The van der Waals surface area contributed by atoms with Gasteiger partial charge in [-0.3, -0.25) is 9.59 Å². The number of benzene rings is 1. The van der Waals surface area contributed by atoms with Crippen LogP contribution in [0.2, 0.25) is 0 Å². The van der Waals surface area contributed by atoms with Crippen molar-refractivity contribution >= 4 is 17.4 Å². The summed E-state index contributed by atoms with van der Waals surface area (Å²) in [7, 11) is 1.50. The van der Waals surface area contributed by atoms with Crippen LogP contribution >= 0.6 is 0 Å². The van der Waals surface area contributed by atoms with Gasteiger partial charge >= 0.3 is 5.97 Å². The fourth-order valence-electron chi connectivity index (χ4n) is 4.67. The Morgan fingerprint density at radius 2 is 1.70 bits per heavy atom. The average Bonchev–Trinajstić information content (AvgIpc) is 2.86.